The van der Waals surface area contributed by atoms with Crippen molar-refractivity contribution in [2.75, 3.05) is 7.05 Å². The lowest BCUT2D eigenvalue weighted by Crippen LogP contribution is -2.17. The Labute approximate surface area is 78.0 Å². The van der Waals surface area contributed by atoms with Gasteiger partial charge in [-0.15, -0.1) is 0 Å². The Hall–Kier alpha value is -1.31. The van der Waals surface area contributed by atoms with Gasteiger partial charge in [0.15, 0.2) is 0 Å². The van der Waals surface area contributed by atoms with Crippen LogP contribution >= 0.6 is 0 Å². The number of hydrogen-bond acceptors (Lipinski definition) is 1. The second-order valence-corrected chi connectivity index (χ2v) is 3.48. The minimum Gasteiger partial charge on any atom is -0.355 e. The molecule has 0 aromatic heterocycles. The van der Waals surface area contributed by atoms with Crippen LogP contribution in [0.2, 0.25) is 0 Å². The minimum atomic E-state index is 0.00231. The number of nitrogens with one attached hydrogen (secondary N) is 1. The summed E-state index contributed by atoms with van der Waals surface area (Å²) in [6.45, 7) is 0. The van der Waals surface area contributed by atoms with Crippen LogP contribution in [0.25, 0.3) is 0 Å². The molecule has 68 valence electrons. The summed E-state index contributed by atoms with van der Waals surface area (Å²) in [5, 5.41) is 2.63. The molecule has 1 aliphatic rings. The zero-order chi connectivity index (χ0) is 9.26. The first-order valence-electron chi connectivity index (χ1n) is 4.63. The Kier molecular flexibility index (Phi) is 2.05. The Morgan fingerprint density at radius 3 is 2.85 bits per heavy atom. The summed E-state index contributed by atoms with van der Waals surface area (Å²) in [4.78, 5) is 11.3. The van der Waals surface area contributed by atoms with Gasteiger partial charge in [0.05, 0.1) is 0 Å². The lowest BCUT2D eigenvalue weighted by molar-refractivity contribution is 0.0963. The third-order valence-corrected chi connectivity index (χ3v) is 2.42. The Morgan fingerprint density at radius 1 is 1.46 bits per heavy atom. The fourth-order valence-electron chi connectivity index (χ4n) is 1.49. The fraction of sp³-hybridized carbons (Fsp3) is 0.364. The van der Waals surface area contributed by atoms with Crippen LogP contribution in [0.5, 0.6) is 0 Å². The van der Waals surface area contributed by atoms with E-state index in [0.29, 0.717) is 5.92 Å². The van der Waals surface area contributed by atoms with E-state index in [1.54, 1.807) is 7.05 Å². The van der Waals surface area contributed by atoms with Crippen LogP contribution in [0.15, 0.2) is 24.3 Å². The summed E-state index contributed by atoms with van der Waals surface area (Å²) < 4.78 is 0. The largest absolute Gasteiger partial charge is 0.355 e. The summed E-state index contributed by atoms with van der Waals surface area (Å²) in [6.07, 6.45) is 2.55. The predicted molar refractivity (Wildman–Crippen MR) is 51.8 cm³/mol. The molecule has 0 unspecified atom stereocenters. The Morgan fingerprint density at radius 2 is 2.23 bits per heavy atom. The van der Waals surface area contributed by atoms with E-state index in [9.17, 15) is 4.79 Å². The monoisotopic (exact) mass is 175 g/mol. The standard InChI is InChI=1S/C11H13NO/c1-12-11(13)10-4-2-3-9(7-10)8-5-6-8/h2-4,7-8H,5-6H2,1H3,(H,12,13). The lowest BCUT2D eigenvalue weighted by Gasteiger charge is -2.02. The number of rotatable bonds is 2. The smallest absolute Gasteiger partial charge is 0.251 e. The molecule has 0 spiro atoms. The van der Waals surface area contributed by atoms with Gasteiger partial charge in [-0.05, 0) is 36.5 Å². The third kappa shape index (κ3) is 1.72. The average molecular weight is 175 g/mol. The number of carbonyl (C=O) groups is 1. The molecule has 0 bridgehead atoms. The number of carbonyl (C=O) groups excluding carboxylic acids is 1. The molecule has 1 saturated carbocycles. The fourth-order valence-corrected chi connectivity index (χ4v) is 1.49. The van der Waals surface area contributed by atoms with Crippen molar-refractivity contribution in [3.8, 4) is 0 Å². The molecule has 1 aliphatic carbocycles. The number of benzene rings is 1. The van der Waals surface area contributed by atoms with Crippen LogP contribution in [0.4, 0.5) is 0 Å². The van der Waals surface area contributed by atoms with E-state index in [1.165, 1.54) is 18.4 Å². The molecule has 0 atom stereocenters. The van der Waals surface area contributed by atoms with Gasteiger partial charge in [0.1, 0.15) is 0 Å². The molecule has 13 heavy (non-hydrogen) atoms. The van der Waals surface area contributed by atoms with Crippen molar-refractivity contribution in [1.82, 2.24) is 5.32 Å². The zero-order valence-electron chi connectivity index (χ0n) is 7.71. The van der Waals surface area contributed by atoms with E-state index in [-0.39, 0.29) is 5.91 Å². The highest BCUT2D eigenvalue weighted by atomic mass is 16.1. The van der Waals surface area contributed by atoms with Crippen LogP contribution in [-0.2, 0) is 0 Å². The lowest BCUT2D eigenvalue weighted by atomic mass is 10.1. The van der Waals surface area contributed by atoms with Crippen molar-refractivity contribution in [2.45, 2.75) is 18.8 Å². The molecule has 0 radical (unpaired) electrons. The first kappa shape index (κ1) is 8.30. The van der Waals surface area contributed by atoms with E-state index in [4.69, 9.17) is 0 Å². The molecule has 2 rings (SSSR count). The summed E-state index contributed by atoms with van der Waals surface area (Å²) in [7, 11) is 1.66. The van der Waals surface area contributed by atoms with Crippen LogP contribution in [0, 0.1) is 0 Å². The van der Waals surface area contributed by atoms with Crippen LogP contribution < -0.4 is 5.32 Å². The average Bonchev–Trinajstić information content (AvgIpc) is 3.00. The molecule has 0 heterocycles. The normalized spacial score (nSPS) is 15.5. The van der Waals surface area contributed by atoms with Gasteiger partial charge in [0.2, 0.25) is 0 Å². The van der Waals surface area contributed by atoms with Gasteiger partial charge in [-0.1, -0.05) is 12.1 Å². The van der Waals surface area contributed by atoms with Crippen molar-refractivity contribution in [3.63, 3.8) is 0 Å². The first-order chi connectivity index (χ1) is 6.31. The number of amides is 1. The van der Waals surface area contributed by atoms with E-state index < -0.39 is 0 Å². The molecule has 0 saturated heterocycles. The van der Waals surface area contributed by atoms with Gasteiger partial charge in [-0.3, -0.25) is 4.79 Å². The third-order valence-electron chi connectivity index (χ3n) is 2.42. The van der Waals surface area contributed by atoms with Gasteiger partial charge in [0.25, 0.3) is 5.91 Å². The summed E-state index contributed by atoms with van der Waals surface area (Å²) in [5.74, 6) is 0.715. The molecule has 1 fully saturated rings. The highest BCUT2D eigenvalue weighted by Gasteiger charge is 2.23. The minimum absolute atomic E-state index is 0.00231. The maximum Gasteiger partial charge on any atom is 0.251 e. The van der Waals surface area contributed by atoms with Crippen molar-refractivity contribution in [2.24, 2.45) is 0 Å². The van der Waals surface area contributed by atoms with Crippen molar-refractivity contribution >= 4 is 5.91 Å². The predicted octanol–water partition coefficient (Wildman–Crippen LogP) is 1.92. The molecule has 2 nitrogen and oxygen atoms in total. The van der Waals surface area contributed by atoms with Crippen LogP contribution in [0.3, 0.4) is 0 Å². The second-order valence-electron chi connectivity index (χ2n) is 3.48. The zero-order valence-corrected chi connectivity index (χ0v) is 7.71. The van der Waals surface area contributed by atoms with E-state index in [1.807, 2.05) is 18.2 Å². The molecule has 1 aromatic rings. The number of hydrogen-bond donors (Lipinski definition) is 1. The van der Waals surface area contributed by atoms with Gasteiger partial charge >= 0.3 is 0 Å². The Bertz CT molecular complexity index is 329. The molecule has 2 heteroatoms. The Balaban J connectivity index is 2.26. The van der Waals surface area contributed by atoms with E-state index in [2.05, 4.69) is 11.4 Å². The highest BCUT2D eigenvalue weighted by Crippen LogP contribution is 2.40. The summed E-state index contributed by atoms with van der Waals surface area (Å²) >= 11 is 0. The quantitative estimate of drug-likeness (QED) is 0.731. The van der Waals surface area contributed by atoms with Crippen LogP contribution in [0.1, 0.15) is 34.7 Å². The SMILES string of the molecule is CNC(=O)c1cccc(C2CC2)c1. The molecular weight excluding hydrogens is 162 g/mol. The van der Waals surface area contributed by atoms with Crippen molar-refractivity contribution in [3.05, 3.63) is 35.4 Å². The topological polar surface area (TPSA) is 29.1 Å². The maximum atomic E-state index is 11.3. The second kappa shape index (κ2) is 3.21. The van der Waals surface area contributed by atoms with Gasteiger partial charge in [-0.2, -0.15) is 0 Å². The van der Waals surface area contributed by atoms with Gasteiger partial charge in [0, 0.05) is 12.6 Å². The summed E-state index contributed by atoms with van der Waals surface area (Å²) in [6, 6.07) is 7.91. The first-order valence-corrected chi connectivity index (χ1v) is 4.63. The van der Waals surface area contributed by atoms with Crippen molar-refractivity contribution < 1.29 is 4.79 Å². The summed E-state index contributed by atoms with van der Waals surface area (Å²) in [5.41, 5.74) is 2.08. The highest BCUT2D eigenvalue weighted by molar-refractivity contribution is 5.94. The molecule has 0 aliphatic heterocycles. The molecule has 1 N–H and O–H groups in total. The van der Waals surface area contributed by atoms with Crippen LogP contribution in [-0.4, -0.2) is 13.0 Å². The van der Waals surface area contributed by atoms with Crippen molar-refractivity contribution in [1.29, 1.82) is 0 Å². The molecular formula is C11H13NO. The molecule has 1 aromatic carbocycles. The maximum absolute atomic E-state index is 11.3. The molecule has 1 amide bonds. The van der Waals surface area contributed by atoms with Gasteiger partial charge in [-0.25, -0.2) is 0 Å². The van der Waals surface area contributed by atoms with E-state index >= 15 is 0 Å². The van der Waals surface area contributed by atoms with Gasteiger partial charge < -0.3 is 5.32 Å². The van der Waals surface area contributed by atoms with E-state index in [0.717, 1.165) is 5.56 Å².